The van der Waals surface area contributed by atoms with Gasteiger partial charge >= 0.3 is 0 Å². The van der Waals surface area contributed by atoms with E-state index in [4.69, 9.17) is 21.3 Å². The van der Waals surface area contributed by atoms with Crippen LogP contribution in [0.5, 0.6) is 5.75 Å². The van der Waals surface area contributed by atoms with Crippen molar-refractivity contribution in [3.63, 3.8) is 0 Å². The number of nitrogens with zero attached hydrogens (tertiary/aromatic N) is 3. The molecule has 1 saturated heterocycles. The smallest absolute Gasteiger partial charge is 0.257 e. The number of fused-ring (bicyclic) bond motifs is 1. The molecule has 0 saturated carbocycles. The van der Waals surface area contributed by atoms with Crippen LogP contribution in [0.25, 0.3) is 11.0 Å². The molecule has 2 aromatic carbocycles. The van der Waals surface area contributed by atoms with E-state index < -0.39 is 0 Å². The van der Waals surface area contributed by atoms with Gasteiger partial charge in [-0.15, -0.1) is 0 Å². The van der Waals surface area contributed by atoms with Crippen LogP contribution in [0.4, 0.5) is 0 Å². The van der Waals surface area contributed by atoms with Crippen LogP contribution in [0.2, 0.25) is 5.02 Å². The number of aryl methyl sites for hydroxylation is 1. The molecule has 0 bridgehead atoms. The Kier molecular flexibility index (Phi) is 4.79. The van der Waals surface area contributed by atoms with E-state index in [9.17, 15) is 4.79 Å². The van der Waals surface area contributed by atoms with Crippen LogP contribution in [0.1, 0.15) is 34.9 Å². The number of piperidine rings is 1. The third-order valence-corrected chi connectivity index (χ3v) is 5.52. The molecule has 1 unspecified atom stereocenters. The standard InChI is InChI=1S/C21H22ClN3O2/c1-24-18-8-4-3-7-17(18)23-20(24)14-6-5-11-25(13-14)21(26)16-12-15(22)9-10-19(16)27-2/h3-4,7-10,12,14H,5-6,11,13H2,1-2H3. The minimum atomic E-state index is -0.0437. The molecule has 0 radical (unpaired) electrons. The lowest BCUT2D eigenvalue weighted by Crippen LogP contribution is -2.39. The molecule has 6 heteroatoms. The van der Waals surface area contributed by atoms with Gasteiger partial charge in [0.25, 0.3) is 5.91 Å². The zero-order valence-corrected chi connectivity index (χ0v) is 16.2. The summed E-state index contributed by atoms with van der Waals surface area (Å²) in [5.41, 5.74) is 2.62. The summed E-state index contributed by atoms with van der Waals surface area (Å²) in [4.78, 5) is 19.8. The van der Waals surface area contributed by atoms with Crippen LogP contribution in [0, 0.1) is 0 Å². The maximum Gasteiger partial charge on any atom is 0.257 e. The van der Waals surface area contributed by atoms with Crippen molar-refractivity contribution in [2.75, 3.05) is 20.2 Å². The zero-order chi connectivity index (χ0) is 19.0. The molecule has 1 fully saturated rings. The lowest BCUT2D eigenvalue weighted by atomic mass is 9.96. The molecule has 0 spiro atoms. The highest BCUT2D eigenvalue weighted by Crippen LogP contribution is 2.31. The number of imidazole rings is 1. The topological polar surface area (TPSA) is 47.4 Å². The molecule has 5 nitrogen and oxygen atoms in total. The monoisotopic (exact) mass is 383 g/mol. The van der Waals surface area contributed by atoms with Crippen LogP contribution in [-0.2, 0) is 7.05 Å². The number of hydrogen-bond acceptors (Lipinski definition) is 3. The number of benzene rings is 2. The van der Waals surface area contributed by atoms with Crippen molar-refractivity contribution in [3.8, 4) is 5.75 Å². The minimum Gasteiger partial charge on any atom is -0.496 e. The van der Waals surface area contributed by atoms with Crippen molar-refractivity contribution in [1.29, 1.82) is 0 Å². The third kappa shape index (κ3) is 3.28. The Balaban J connectivity index is 1.62. The Bertz CT molecular complexity index is 998. The Hall–Kier alpha value is -2.53. The highest BCUT2D eigenvalue weighted by Gasteiger charge is 2.29. The van der Waals surface area contributed by atoms with Gasteiger partial charge in [-0.05, 0) is 43.2 Å². The average Bonchev–Trinajstić information content (AvgIpc) is 3.04. The number of rotatable bonds is 3. The molecule has 27 heavy (non-hydrogen) atoms. The summed E-state index contributed by atoms with van der Waals surface area (Å²) in [5, 5.41) is 0.531. The van der Waals surface area contributed by atoms with Gasteiger partial charge in [-0.1, -0.05) is 23.7 Å². The van der Waals surface area contributed by atoms with Crippen LogP contribution < -0.4 is 4.74 Å². The molecule has 1 atom stereocenters. The molecule has 1 aliphatic heterocycles. The Morgan fingerprint density at radius 2 is 2.07 bits per heavy atom. The second-order valence-corrected chi connectivity index (χ2v) is 7.39. The SMILES string of the molecule is COc1ccc(Cl)cc1C(=O)N1CCCC(c2nc3ccccc3n2C)C1. The first-order chi connectivity index (χ1) is 13.1. The van der Waals surface area contributed by atoms with Crippen LogP contribution in [-0.4, -0.2) is 40.6 Å². The minimum absolute atomic E-state index is 0.0437. The van der Waals surface area contributed by atoms with Gasteiger partial charge < -0.3 is 14.2 Å². The summed E-state index contributed by atoms with van der Waals surface area (Å²) >= 11 is 6.11. The molecule has 0 aliphatic carbocycles. The first-order valence-corrected chi connectivity index (χ1v) is 9.50. The Labute approximate surface area is 163 Å². The van der Waals surface area contributed by atoms with Gasteiger partial charge in [-0.25, -0.2) is 4.98 Å². The molecule has 4 rings (SSSR count). The van der Waals surface area contributed by atoms with Gasteiger partial charge in [0, 0.05) is 31.1 Å². The van der Waals surface area contributed by atoms with Gasteiger partial charge in [0.1, 0.15) is 11.6 Å². The lowest BCUT2D eigenvalue weighted by Gasteiger charge is -2.32. The van der Waals surface area contributed by atoms with Crippen LogP contribution in [0.15, 0.2) is 42.5 Å². The predicted molar refractivity (Wildman–Crippen MR) is 107 cm³/mol. The van der Waals surface area contributed by atoms with Crippen molar-refractivity contribution in [3.05, 3.63) is 58.9 Å². The molecule has 2 heterocycles. The quantitative estimate of drug-likeness (QED) is 0.679. The van der Waals surface area contributed by atoms with Gasteiger partial charge in [0.2, 0.25) is 0 Å². The maximum atomic E-state index is 13.1. The number of ether oxygens (including phenoxy) is 1. The van der Waals surface area contributed by atoms with Gasteiger partial charge in [-0.2, -0.15) is 0 Å². The Morgan fingerprint density at radius 1 is 1.26 bits per heavy atom. The van der Waals surface area contributed by atoms with E-state index in [1.807, 2.05) is 30.1 Å². The summed E-state index contributed by atoms with van der Waals surface area (Å²) in [6, 6.07) is 13.3. The molecule has 3 aromatic rings. The van der Waals surface area contributed by atoms with E-state index in [1.54, 1.807) is 25.3 Å². The highest BCUT2D eigenvalue weighted by molar-refractivity contribution is 6.31. The number of carbonyl (C=O) groups is 1. The second-order valence-electron chi connectivity index (χ2n) is 6.95. The van der Waals surface area contributed by atoms with Crippen molar-refractivity contribution < 1.29 is 9.53 Å². The number of methoxy groups -OCH3 is 1. The summed E-state index contributed by atoms with van der Waals surface area (Å²) in [6.45, 7) is 1.38. The Morgan fingerprint density at radius 3 is 2.85 bits per heavy atom. The lowest BCUT2D eigenvalue weighted by molar-refractivity contribution is 0.0700. The fourth-order valence-electron chi connectivity index (χ4n) is 3.92. The van der Waals surface area contributed by atoms with Crippen molar-refractivity contribution >= 4 is 28.5 Å². The van der Waals surface area contributed by atoms with E-state index in [0.29, 0.717) is 22.9 Å². The van der Waals surface area contributed by atoms with E-state index in [1.165, 1.54) is 0 Å². The number of hydrogen-bond donors (Lipinski definition) is 0. The first-order valence-electron chi connectivity index (χ1n) is 9.12. The van der Waals surface area contributed by atoms with Crippen LogP contribution in [0.3, 0.4) is 0 Å². The normalized spacial score (nSPS) is 17.3. The number of amides is 1. The van der Waals surface area contributed by atoms with E-state index in [2.05, 4.69) is 10.6 Å². The predicted octanol–water partition coefficient (Wildman–Crippen LogP) is 4.26. The summed E-state index contributed by atoms with van der Waals surface area (Å²) in [7, 11) is 3.61. The number of carbonyl (C=O) groups excluding carboxylic acids is 1. The molecular formula is C21H22ClN3O2. The molecule has 140 valence electrons. The number of aromatic nitrogens is 2. The molecular weight excluding hydrogens is 362 g/mol. The summed E-state index contributed by atoms with van der Waals surface area (Å²) < 4.78 is 7.51. The molecule has 0 N–H and O–H groups in total. The van der Waals surface area contributed by atoms with Gasteiger partial charge in [-0.3, -0.25) is 4.79 Å². The average molecular weight is 384 g/mol. The van der Waals surface area contributed by atoms with Crippen molar-refractivity contribution in [2.45, 2.75) is 18.8 Å². The number of para-hydroxylation sites is 2. The fourth-order valence-corrected chi connectivity index (χ4v) is 4.09. The van der Waals surface area contributed by atoms with E-state index >= 15 is 0 Å². The number of likely N-dealkylation sites (tertiary alicyclic amines) is 1. The van der Waals surface area contributed by atoms with Gasteiger partial charge in [0.05, 0.1) is 23.7 Å². The second kappa shape index (κ2) is 7.24. The molecule has 1 aromatic heterocycles. The van der Waals surface area contributed by atoms with Crippen molar-refractivity contribution in [2.24, 2.45) is 7.05 Å². The zero-order valence-electron chi connectivity index (χ0n) is 15.5. The first kappa shape index (κ1) is 17.9. The number of halogens is 1. The van der Waals surface area contributed by atoms with E-state index in [-0.39, 0.29) is 11.8 Å². The van der Waals surface area contributed by atoms with Gasteiger partial charge in [0.15, 0.2) is 0 Å². The van der Waals surface area contributed by atoms with Crippen LogP contribution >= 0.6 is 11.6 Å². The molecule has 1 aliphatic rings. The molecule has 1 amide bonds. The van der Waals surface area contributed by atoms with Crippen molar-refractivity contribution in [1.82, 2.24) is 14.5 Å². The third-order valence-electron chi connectivity index (χ3n) is 5.29. The largest absolute Gasteiger partial charge is 0.496 e. The fraction of sp³-hybridized carbons (Fsp3) is 0.333. The maximum absolute atomic E-state index is 13.1. The summed E-state index contributed by atoms with van der Waals surface area (Å²) in [5.74, 6) is 1.75. The highest BCUT2D eigenvalue weighted by atomic mass is 35.5. The summed E-state index contributed by atoms with van der Waals surface area (Å²) in [6.07, 6.45) is 1.97. The van der Waals surface area contributed by atoms with E-state index in [0.717, 1.165) is 36.2 Å².